The van der Waals surface area contributed by atoms with Crippen LogP contribution in [0.3, 0.4) is 0 Å². The highest BCUT2D eigenvalue weighted by molar-refractivity contribution is 14.1. The Morgan fingerprint density at radius 1 is 1.10 bits per heavy atom. The van der Waals surface area contributed by atoms with Crippen molar-refractivity contribution in [2.45, 2.75) is 19.1 Å². The van der Waals surface area contributed by atoms with Crippen LogP contribution in [0.1, 0.15) is 11.1 Å². The van der Waals surface area contributed by atoms with Crippen molar-refractivity contribution < 1.29 is 9.53 Å². The van der Waals surface area contributed by atoms with Crippen LogP contribution in [0.4, 0.5) is 0 Å². The molecule has 0 aromatic heterocycles. The Hall–Kier alpha value is -1.40. The van der Waals surface area contributed by atoms with E-state index < -0.39 is 6.04 Å². The molecule has 2 N–H and O–H groups in total. The summed E-state index contributed by atoms with van der Waals surface area (Å²) in [6, 6.07) is 16.9. The molecular weight excluding hydrogens is 365 g/mol. The van der Waals surface area contributed by atoms with Gasteiger partial charge in [0.05, 0.1) is 0 Å². The summed E-state index contributed by atoms with van der Waals surface area (Å²) in [5, 5.41) is 0. The van der Waals surface area contributed by atoms with Crippen LogP contribution >= 0.6 is 22.6 Å². The van der Waals surface area contributed by atoms with E-state index in [4.69, 9.17) is 10.5 Å². The predicted octanol–water partition coefficient (Wildman–Crippen LogP) is 2.90. The van der Waals surface area contributed by atoms with Crippen molar-refractivity contribution >= 4 is 28.6 Å². The van der Waals surface area contributed by atoms with Gasteiger partial charge in [-0.1, -0.05) is 42.5 Å². The molecule has 0 spiro atoms. The zero-order valence-corrected chi connectivity index (χ0v) is 13.1. The lowest BCUT2D eigenvalue weighted by molar-refractivity contribution is -0.146. The highest BCUT2D eigenvalue weighted by Crippen LogP contribution is 2.10. The second kappa shape index (κ2) is 7.40. The van der Waals surface area contributed by atoms with Crippen molar-refractivity contribution in [1.29, 1.82) is 0 Å². The summed E-state index contributed by atoms with van der Waals surface area (Å²) in [6.45, 7) is 0.264. The quantitative estimate of drug-likeness (QED) is 0.640. The molecule has 0 aliphatic rings. The number of carbonyl (C=O) groups is 1. The van der Waals surface area contributed by atoms with Crippen molar-refractivity contribution in [3.8, 4) is 0 Å². The van der Waals surface area contributed by atoms with Gasteiger partial charge >= 0.3 is 5.97 Å². The van der Waals surface area contributed by atoms with E-state index >= 15 is 0 Å². The van der Waals surface area contributed by atoms with E-state index in [1.165, 1.54) is 0 Å². The molecule has 0 aliphatic carbocycles. The number of esters is 1. The lowest BCUT2D eigenvalue weighted by Crippen LogP contribution is -2.34. The number of hydrogen-bond donors (Lipinski definition) is 1. The Balaban J connectivity index is 1.86. The van der Waals surface area contributed by atoms with Gasteiger partial charge in [0.1, 0.15) is 12.6 Å². The van der Waals surface area contributed by atoms with Crippen molar-refractivity contribution in [3.05, 3.63) is 69.3 Å². The number of benzene rings is 2. The molecule has 0 aliphatic heterocycles. The molecule has 20 heavy (non-hydrogen) atoms. The molecule has 2 aromatic carbocycles. The minimum Gasteiger partial charge on any atom is -0.460 e. The highest BCUT2D eigenvalue weighted by Gasteiger charge is 2.15. The number of carbonyl (C=O) groups excluding carboxylic acids is 1. The third kappa shape index (κ3) is 4.61. The average molecular weight is 381 g/mol. The number of nitrogens with two attached hydrogens (primary N) is 1. The van der Waals surface area contributed by atoms with Crippen LogP contribution in [0.2, 0.25) is 0 Å². The summed E-state index contributed by atoms with van der Waals surface area (Å²) < 4.78 is 6.36. The van der Waals surface area contributed by atoms with Gasteiger partial charge in [0.2, 0.25) is 0 Å². The average Bonchev–Trinajstić information content (AvgIpc) is 2.46. The summed E-state index contributed by atoms with van der Waals surface area (Å²) >= 11 is 2.24. The van der Waals surface area contributed by atoms with Gasteiger partial charge in [0.25, 0.3) is 0 Å². The molecule has 3 nitrogen and oxygen atoms in total. The molecule has 0 saturated carbocycles. The molecule has 1 atom stereocenters. The molecule has 0 radical (unpaired) electrons. The largest absolute Gasteiger partial charge is 0.460 e. The van der Waals surface area contributed by atoms with Gasteiger partial charge in [-0.25, -0.2) is 0 Å². The normalized spacial score (nSPS) is 11.9. The molecule has 0 bridgehead atoms. The minimum atomic E-state index is -0.628. The summed E-state index contributed by atoms with van der Waals surface area (Å²) in [5.74, 6) is -0.368. The summed E-state index contributed by atoms with van der Waals surface area (Å²) in [6.07, 6.45) is 0.491. The summed E-state index contributed by atoms with van der Waals surface area (Å²) in [4.78, 5) is 11.9. The molecule has 2 aromatic rings. The third-order valence-electron chi connectivity index (χ3n) is 2.87. The first-order valence-electron chi connectivity index (χ1n) is 6.36. The van der Waals surface area contributed by atoms with E-state index in [1.807, 2.05) is 54.6 Å². The maximum Gasteiger partial charge on any atom is 0.323 e. The van der Waals surface area contributed by atoms with Gasteiger partial charge in [0.15, 0.2) is 0 Å². The maximum absolute atomic E-state index is 11.9. The van der Waals surface area contributed by atoms with E-state index in [0.29, 0.717) is 6.42 Å². The SMILES string of the molecule is N[C@@H](Cc1cccc(I)c1)C(=O)OCc1ccccc1. The standard InChI is InChI=1S/C16H16INO2/c17-14-8-4-7-13(9-14)10-15(18)16(19)20-11-12-5-2-1-3-6-12/h1-9,15H,10-11,18H2/t15-/m0/s1. The molecular formula is C16H16INO2. The molecule has 0 saturated heterocycles. The fourth-order valence-corrected chi connectivity index (χ4v) is 2.44. The Bertz CT molecular complexity index is 572. The van der Waals surface area contributed by atoms with E-state index in [1.54, 1.807) is 0 Å². The Kier molecular flexibility index (Phi) is 5.55. The zero-order valence-electron chi connectivity index (χ0n) is 11.0. The van der Waals surface area contributed by atoms with E-state index in [2.05, 4.69) is 22.6 Å². The van der Waals surface area contributed by atoms with Gasteiger partial charge in [-0.3, -0.25) is 4.79 Å². The zero-order chi connectivity index (χ0) is 14.4. The van der Waals surface area contributed by atoms with Gasteiger partial charge in [-0.2, -0.15) is 0 Å². The van der Waals surface area contributed by atoms with Crippen molar-refractivity contribution in [3.63, 3.8) is 0 Å². The maximum atomic E-state index is 11.9. The lowest BCUT2D eigenvalue weighted by Gasteiger charge is -2.12. The number of rotatable bonds is 5. The predicted molar refractivity (Wildman–Crippen MR) is 87.1 cm³/mol. The van der Waals surface area contributed by atoms with Crippen LogP contribution in [-0.2, 0) is 22.6 Å². The third-order valence-corrected chi connectivity index (χ3v) is 3.54. The Morgan fingerprint density at radius 2 is 1.80 bits per heavy atom. The fourth-order valence-electron chi connectivity index (χ4n) is 1.84. The Labute approximate surface area is 132 Å². The van der Waals surface area contributed by atoms with Crippen LogP contribution in [0.5, 0.6) is 0 Å². The van der Waals surface area contributed by atoms with E-state index in [9.17, 15) is 4.79 Å². The molecule has 0 amide bonds. The van der Waals surface area contributed by atoms with Crippen LogP contribution in [-0.4, -0.2) is 12.0 Å². The molecule has 4 heteroatoms. The van der Waals surface area contributed by atoms with Gasteiger partial charge in [0, 0.05) is 3.57 Å². The number of hydrogen-bond acceptors (Lipinski definition) is 3. The first-order valence-corrected chi connectivity index (χ1v) is 7.43. The Morgan fingerprint density at radius 3 is 2.50 bits per heavy atom. The molecule has 2 rings (SSSR count). The van der Waals surface area contributed by atoms with Gasteiger partial charge in [-0.15, -0.1) is 0 Å². The molecule has 0 unspecified atom stereocenters. The van der Waals surface area contributed by atoms with Crippen molar-refractivity contribution in [2.75, 3.05) is 0 Å². The molecule has 0 heterocycles. The monoisotopic (exact) mass is 381 g/mol. The van der Waals surface area contributed by atoms with E-state index in [0.717, 1.165) is 14.7 Å². The first-order chi connectivity index (χ1) is 9.65. The minimum absolute atomic E-state index is 0.264. The van der Waals surface area contributed by atoms with E-state index in [-0.39, 0.29) is 12.6 Å². The van der Waals surface area contributed by atoms with Crippen LogP contribution in [0.25, 0.3) is 0 Å². The smallest absolute Gasteiger partial charge is 0.323 e. The topological polar surface area (TPSA) is 52.3 Å². The van der Waals surface area contributed by atoms with Crippen LogP contribution in [0, 0.1) is 3.57 Å². The lowest BCUT2D eigenvalue weighted by atomic mass is 10.1. The highest BCUT2D eigenvalue weighted by atomic mass is 127. The second-order valence-corrected chi connectivity index (χ2v) is 5.78. The van der Waals surface area contributed by atoms with Crippen molar-refractivity contribution in [1.82, 2.24) is 0 Å². The summed E-state index contributed by atoms with van der Waals surface area (Å²) in [5.41, 5.74) is 7.89. The number of ether oxygens (including phenoxy) is 1. The second-order valence-electron chi connectivity index (χ2n) is 4.53. The fraction of sp³-hybridized carbons (Fsp3) is 0.188. The molecule has 104 valence electrons. The van der Waals surface area contributed by atoms with Crippen LogP contribution < -0.4 is 5.73 Å². The summed E-state index contributed by atoms with van der Waals surface area (Å²) in [7, 11) is 0. The van der Waals surface area contributed by atoms with Gasteiger partial charge < -0.3 is 10.5 Å². The molecule has 0 fully saturated rings. The van der Waals surface area contributed by atoms with Crippen LogP contribution in [0.15, 0.2) is 54.6 Å². The van der Waals surface area contributed by atoms with Gasteiger partial charge in [-0.05, 0) is 52.3 Å². The number of halogens is 1. The van der Waals surface area contributed by atoms with Crippen molar-refractivity contribution in [2.24, 2.45) is 5.73 Å². The first kappa shape index (κ1) is 15.0.